The molecule has 0 spiro atoms. The third kappa shape index (κ3) is 2.99. The SMILES string of the molecule is CN(C1CCCCC1)S(=O)(=O)c1cc(N)c(Br)cc1F. The van der Waals surface area contributed by atoms with Crippen molar-refractivity contribution in [2.75, 3.05) is 12.8 Å². The first-order chi connectivity index (χ1) is 9.34. The minimum Gasteiger partial charge on any atom is -0.398 e. The van der Waals surface area contributed by atoms with Gasteiger partial charge in [-0.2, -0.15) is 4.31 Å². The highest BCUT2D eigenvalue weighted by Crippen LogP contribution is 2.31. The highest BCUT2D eigenvalue weighted by atomic mass is 79.9. The Kier molecular flexibility index (Phi) is 4.71. The lowest BCUT2D eigenvalue weighted by atomic mass is 9.96. The first-order valence-electron chi connectivity index (χ1n) is 6.56. The van der Waals surface area contributed by atoms with E-state index in [1.165, 1.54) is 17.4 Å². The molecule has 7 heteroatoms. The van der Waals surface area contributed by atoms with Crippen molar-refractivity contribution in [1.29, 1.82) is 0 Å². The first-order valence-corrected chi connectivity index (χ1v) is 8.80. The van der Waals surface area contributed by atoms with Gasteiger partial charge in [-0.1, -0.05) is 19.3 Å². The second-order valence-electron chi connectivity index (χ2n) is 5.12. The number of benzene rings is 1. The van der Waals surface area contributed by atoms with Crippen LogP contribution in [0.1, 0.15) is 32.1 Å². The van der Waals surface area contributed by atoms with Crippen molar-refractivity contribution < 1.29 is 12.8 Å². The lowest BCUT2D eigenvalue weighted by Gasteiger charge is -2.30. The van der Waals surface area contributed by atoms with Gasteiger partial charge in [-0.15, -0.1) is 0 Å². The summed E-state index contributed by atoms with van der Waals surface area (Å²) in [5.74, 6) is -0.784. The van der Waals surface area contributed by atoms with Crippen LogP contribution in [0.4, 0.5) is 10.1 Å². The largest absolute Gasteiger partial charge is 0.398 e. The Morgan fingerprint density at radius 2 is 1.90 bits per heavy atom. The van der Waals surface area contributed by atoms with Gasteiger partial charge < -0.3 is 5.73 Å². The molecule has 0 saturated heterocycles. The summed E-state index contributed by atoms with van der Waals surface area (Å²) in [6.45, 7) is 0. The topological polar surface area (TPSA) is 63.4 Å². The molecule has 0 bridgehead atoms. The normalized spacial score (nSPS) is 17.6. The number of sulfonamides is 1. The quantitative estimate of drug-likeness (QED) is 0.838. The zero-order valence-corrected chi connectivity index (χ0v) is 13.7. The molecule has 1 saturated carbocycles. The summed E-state index contributed by atoms with van der Waals surface area (Å²) in [4.78, 5) is -0.355. The minimum absolute atomic E-state index is 0.0574. The predicted molar refractivity (Wildman–Crippen MR) is 80.3 cm³/mol. The third-order valence-corrected chi connectivity index (χ3v) is 6.41. The summed E-state index contributed by atoms with van der Waals surface area (Å²) in [6, 6.07) is 2.21. The maximum absolute atomic E-state index is 14.0. The van der Waals surface area contributed by atoms with Crippen LogP contribution in [0.15, 0.2) is 21.5 Å². The predicted octanol–water partition coefficient (Wildman–Crippen LogP) is 3.12. The maximum atomic E-state index is 14.0. The number of nitrogens with two attached hydrogens (primary N) is 1. The van der Waals surface area contributed by atoms with Gasteiger partial charge >= 0.3 is 0 Å². The molecule has 0 atom stereocenters. The Bertz CT molecular complexity index is 601. The van der Waals surface area contributed by atoms with Crippen molar-refractivity contribution in [3.63, 3.8) is 0 Å². The van der Waals surface area contributed by atoms with Crippen LogP contribution in [0.2, 0.25) is 0 Å². The molecule has 20 heavy (non-hydrogen) atoms. The molecule has 1 aliphatic carbocycles. The molecule has 0 radical (unpaired) electrons. The van der Waals surface area contributed by atoms with Crippen LogP contribution in [-0.2, 0) is 10.0 Å². The van der Waals surface area contributed by atoms with Crippen LogP contribution < -0.4 is 5.73 Å². The standard InChI is InChI=1S/C13H18BrFN2O2S/c1-17(9-5-3-2-4-6-9)20(18,19)13-8-12(16)10(14)7-11(13)15/h7-9H,2-6,16H2,1H3. The highest BCUT2D eigenvalue weighted by molar-refractivity contribution is 9.10. The number of nitrogens with zero attached hydrogens (tertiary/aromatic N) is 1. The van der Waals surface area contributed by atoms with Crippen LogP contribution in [0.5, 0.6) is 0 Å². The second kappa shape index (κ2) is 5.99. The number of hydrogen-bond acceptors (Lipinski definition) is 3. The molecular formula is C13H18BrFN2O2S. The van der Waals surface area contributed by atoms with E-state index >= 15 is 0 Å². The molecule has 4 nitrogen and oxygen atoms in total. The Balaban J connectivity index is 2.36. The molecule has 2 rings (SSSR count). The van der Waals surface area contributed by atoms with Gasteiger partial charge in [0.1, 0.15) is 10.7 Å². The van der Waals surface area contributed by atoms with E-state index in [9.17, 15) is 12.8 Å². The van der Waals surface area contributed by atoms with Crippen LogP contribution >= 0.6 is 15.9 Å². The molecule has 1 aromatic carbocycles. The molecule has 0 heterocycles. The number of hydrogen-bond donors (Lipinski definition) is 1. The summed E-state index contributed by atoms with van der Waals surface area (Å²) in [6.07, 6.45) is 4.79. The molecule has 0 amide bonds. The lowest BCUT2D eigenvalue weighted by molar-refractivity contribution is 0.285. The van der Waals surface area contributed by atoms with E-state index in [2.05, 4.69) is 15.9 Å². The number of rotatable bonds is 3. The van der Waals surface area contributed by atoms with E-state index in [1.807, 2.05) is 0 Å². The summed E-state index contributed by atoms with van der Waals surface area (Å²) >= 11 is 3.09. The summed E-state index contributed by atoms with van der Waals surface area (Å²) < 4.78 is 40.7. The molecule has 2 N–H and O–H groups in total. The maximum Gasteiger partial charge on any atom is 0.246 e. The van der Waals surface area contributed by atoms with Crippen LogP contribution in [-0.4, -0.2) is 25.8 Å². The van der Waals surface area contributed by atoms with Crippen molar-refractivity contribution in [1.82, 2.24) is 4.31 Å². The summed E-state index contributed by atoms with van der Waals surface area (Å²) in [5.41, 5.74) is 5.88. The van der Waals surface area contributed by atoms with Crippen molar-refractivity contribution in [2.24, 2.45) is 0 Å². The van der Waals surface area contributed by atoms with E-state index in [4.69, 9.17) is 5.73 Å². The van der Waals surface area contributed by atoms with Crippen molar-refractivity contribution >= 4 is 31.6 Å². The highest BCUT2D eigenvalue weighted by Gasteiger charge is 2.31. The molecule has 1 fully saturated rings. The van der Waals surface area contributed by atoms with Gasteiger partial charge in [-0.3, -0.25) is 0 Å². The minimum atomic E-state index is -3.85. The molecule has 1 aromatic rings. The average molecular weight is 365 g/mol. The van der Waals surface area contributed by atoms with Gasteiger partial charge in [0, 0.05) is 23.2 Å². The molecule has 0 aliphatic heterocycles. The van der Waals surface area contributed by atoms with E-state index in [-0.39, 0.29) is 16.6 Å². The number of nitrogen functional groups attached to an aromatic ring is 1. The van der Waals surface area contributed by atoms with E-state index in [0.29, 0.717) is 4.47 Å². The zero-order chi connectivity index (χ0) is 14.9. The van der Waals surface area contributed by atoms with Crippen LogP contribution in [0.3, 0.4) is 0 Å². The Morgan fingerprint density at radius 3 is 2.50 bits per heavy atom. The molecule has 112 valence electrons. The van der Waals surface area contributed by atoms with Crippen molar-refractivity contribution in [2.45, 2.75) is 43.0 Å². The second-order valence-corrected chi connectivity index (χ2v) is 7.94. The molecule has 0 unspecified atom stereocenters. The van der Waals surface area contributed by atoms with Gasteiger partial charge in [0.2, 0.25) is 10.0 Å². The smallest absolute Gasteiger partial charge is 0.246 e. The Labute approximate surface area is 127 Å². The van der Waals surface area contributed by atoms with Gasteiger partial charge in [0.25, 0.3) is 0 Å². The van der Waals surface area contributed by atoms with E-state index in [0.717, 1.165) is 38.2 Å². The van der Waals surface area contributed by atoms with E-state index < -0.39 is 15.8 Å². The fourth-order valence-corrected chi connectivity index (χ4v) is 4.35. The lowest BCUT2D eigenvalue weighted by Crippen LogP contribution is -2.38. The van der Waals surface area contributed by atoms with Gasteiger partial charge in [0.05, 0.1) is 0 Å². The van der Waals surface area contributed by atoms with Crippen molar-refractivity contribution in [3.8, 4) is 0 Å². The Morgan fingerprint density at radius 1 is 1.30 bits per heavy atom. The fraction of sp³-hybridized carbons (Fsp3) is 0.538. The molecule has 0 aromatic heterocycles. The van der Waals surface area contributed by atoms with Gasteiger partial charge in [-0.05, 0) is 40.9 Å². The zero-order valence-electron chi connectivity index (χ0n) is 11.3. The monoisotopic (exact) mass is 364 g/mol. The average Bonchev–Trinajstić information content (AvgIpc) is 2.42. The fourth-order valence-electron chi connectivity index (χ4n) is 2.54. The Hall–Kier alpha value is -0.660. The van der Waals surface area contributed by atoms with Crippen LogP contribution in [0.25, 0.3) is 0 Å². The number of anilines is 1. The van der Waals surface area contributed by atoms with Crippen molar-refractivity contribution in [3.05, 3.63) is 22.4 Å². The summed E-state index contributed by atoms with van der Waals surface area (Å²) in [5, 5.41) is 0. The molecular weight excluding hydrogens is 347 g/mol. The first kappa shape index (κ1) is 15.7. The third-order valence-electron chi connectivity index (χ3n) is 3.80. The summed E-state index contributed by atoms with van der Waals surface area (Å²) in [7, 11) is -2.33. The van der Waals surface area contributed by atoms with Gasteiger partial charge in [-0.25, -0.2) is 12.8 Å². The van der Waals surface area contributed by atoms with Gasteiger partial charge in [0.15, 0.2) is 0 Å². The molecule has 1 aliphatic rings. The van der Waals surface area contributed by atoms with Crippen LogP contribution in [0, 0.1) is 5.82 Å². The number of halogens is 2. The van der Waals surface area contributed by atoms with E-state index in [1.54, 1.807) is 0 Å².